The van der Waals surface area contributed by atoms with Crippen LogP contribution >= 0.6 is 0 Å². The van der Waals surface area contributed by atoms with E-state index in [2.05, 4.69) is 0 Å². The molecule has 15 heavy (non-hydrogen) atoms. The van der Waals surface area contributed by atoms with E-state index in [0.29, 0.717) is 39.1 Å². The Morgan fingerprint density at radius 2 is 2.00 bits per heavy atom. The van der Waals surface area contributed by atoms with Crippen LogP contribution in [0.2, 0.25) is 0 Å². The molecule has 4 nitrogen and oxygen atoms in total. The third-order valence-electron chi connectivity index (χ3n) is 2.96. The molecule has 1 fully saturated rings. The van der Waals surface area contributed by atoms with Crippen molar-refractivity contribution in [2.75, 3.05) is 26.3 Å². The van der Waals surface area contributed by atoms with Gasteiger partial charge in [0.2, 0.25) is 5.91 Å². The van der Waals surface area contributed by atoms with Crippen LogP contribution in [-0.2, 0) is 16.0 Å². The van der Waals surface area contributed by atoms with E-state index in [1.165, 1.54) is 0 Å². The topological polar surface area (TPSA) is 46.6 Å². The summed E-state index contributed by atoms with van der Waals surface area (Å²) >= 11 is 0. The highest BCUT2D eigenvalue weighted by Crippen LogP contribution is 2.11. The lowest BCUT2D eigenvalue weighted by Crippen LogP contribution is -2.40. The minimum atomic E-state index is 0.137. The average Bonchev–Trinajstić information content (AvgIpc) is 2.84. The number of ether oxygens (including phenoxy) is 1. The molecule has 0 radical (unpaired) electrons. The van der Waals surface area contributed by atoms with Crippen molar-refractivity contribution in [3.05, 3.63) is 21.4 Å². The second-order valence-corrected chi connectivity index (χ2v) is 3.93. The Hall–Kier alpha value is -1.16. The van der Waals surface area contributed by atoms with E-state index < -0.39 is 0 Å². The average molecular weight is 209 g/mol. The molecule has 1 aromatic carbocycles. The summed E-state index contributed by atoms with van der Waals surface area (Å²) in [5.74, 6) is 0.137. The molecule has 0 atom stereocenters. The van der Waals surface area contributed by atoms with Gasteiger partial charge < -0.3 is 9.64 Å². The van der Waals surface area contributed by atoms with Crippen LogP contribution in [0.15, 0.2) is 4.79 Å². The molecule has 0 spiro atoms. The molecule has 1 aliphatic rings. The Morgan fingerprint density at radius 1 is 1.40 bits per heavy atom. The van der Waals surface area contributed by atoms with Crippen LogP contribution in [0, 0.1) is 6.92 Å². The summed E-state index contributed by atoms with van der Waals surface area (Å²) in [7, 11) is 0. The number of carbonyl (C=O) groups excluding carboxylic acids is 1. The van der Waals surface area contributed by atoms with Crippen LogP contribution in [0.3, 0.4) is 0 Å². The molecule has 2 rings (SSSR count). The van der Waals surface area contributed by atoms with Gasteiger partial charge in [0, 0.05) is 30.6 Å². The lowest BCUT2D eigenvalue weighted by Gasteiger charge is -2.26. The third kappa shape index (κ3) is 2.26. The molecule has 0 saturated carbocycles. The van der Waals surface area contributed by atoms with Crippen LogP contribution in [-0.4, -0.2) is 37.1 Å². The quantitative estimate of drug-likeness (QED) is 0.705. The number of amides is 1. The molecular weight excluding hydrogens is 194 g/mol. The van der Waals surface area contributed by atoms with Crippen molar-refractivity contribution in [3.8, 4) is 0 Å². The zero-order valence-corrected chi connectivity index (χ0v) is 8.91. The molecular formula is C11H15NO3. The Bertz CT molecular complexity index is 370. The predicted molar refractivity (Wildman–Crippen MR) is 55.5 cm³/mol. The van der Waals surface area contributed by atoms with Crippen molar-refractivity contribution in [1.29, 1.82) is 0 Å². The lowest BCUT2D eigenvalue weighted by atomic mass is 10.2. The van der Waals surface area contributed by atoms with E-state index in [-0.39, 0.29) is 11.3 Å². The number of morpholine rings is 1. The van der Waals surface area contributed by atoms with Crippen molar-refractivity contribution >= 4 is 5.91 Å². The van der Waals surface area contributed by atoms with E-state index in [9.17, 15) is 9.59 Å². The van der Waals surface area contributed by atoms with Gasteiger partial charge in [0.15, 0.2) is 5.43 Å². The van der Waals surface area contributed by atoms with Gasteiger partial charge in [0.1, 0.15) is 0 Å². The van der Waals surface area contributed by atoms with Crippen LogP contribution in [0.4, 0.5) is 0 Å². The summed E-state index contributed by atoms with van der Waals surface area (Å²) < 4.78 is 5.16. The summed E-state index contributed by atoms with van der Waals surface area (Å²) in [6, 6.07) is 0. The van der Waals surface area contributed by atoms with Gasteiger partial charge in [-0.15, -0.1) is 0 Å². The maximum absolute atomic E-state index is 11.7. The van der Waals surface area contributed by atoms with Gasteiger partial charge in [-0.05, 0) is 13.3 Å². The van der Waals surface area contributed by atoms with Gasteiger partial charge in [0.25, 0.3) is 0 Å². The molecule has 1 aliphatic heterocycles. The van der Waals surface area contributed by atoms with Crippen molar-refractivity contribution in [3.63, 3.8) is 0 Å². The standard InChI is InChI=1S/C11H15NO3/c1-8-9(11(8)14)2-3-10(13)12-4-6-15-7-5-12/h2-7H2,1H3. The summed E-state index contributed by atoms with van der Waals surface area (Å²) in [6.45, 7) is 4.45. The highest BCUT2D eigenvalue weighted by molar-refractivity contribution is 5.76. The van der Waals surface area contributed by atoms with Gasteiger partial charge in [0.05, 0.1) is 13.2 Å². The SMILES string of the molecule is Cc1c(CCC(=O)N2CCOCC2)c1=O. The first-order valence-corrected chi connectivity index (χ1v) is 5.30. The normalized spacial score (nSPS) is 17.3. The number of hydrogen-bond acceptors (Lipinski definition) is 3. The predicted octanol–water partition coefficient (Wildman–Crippen LogP) is 0.0222. The van der Waals surface area contributed by atoms with Crippen LogP contribution in [0.1, 0.15) is 17.5 Å². The van der Waals surface area contributed by atoms with Gasteiger partial charge >= 0.3 is 0 Å². The number of carbonyl (C=O) groups is 1. The summed E-state index contributed by atoms with van der Waals surface area (Å²) in [5, 5.41) is 0. The van der Waals surface area contributed by atoms with E-state index in [1.54, 1.807) is 0 Å². The zero-order valence-electron chi connectivity index (χ0n) is 8.91. The third-order valence-corrected chi connectivity index (χ3v) is 2.96. The highest BCUT2D eigenvalue weighted by Gasteiger charge is 2.21. The molecule has 0 bridgehead atoms. The molecule has 0 aliphatic carbocycles. The minimum absolute atomic E-state index is 0.137. The van der Waals surface area contributed by atoms with Crippen molar-refractivity contribution in [2.24, 2.45) is 0 Å². The molecule has 82 valence electrons. The largest absolute Gasteiger partial charge is 0.378 e. The minimum Gasteiger partial charge on any atom is -0.378 e. The maximum atomic E-state index is 11.7. The van der Waals surface area contributed by atoms with Crippen molar-refractivity contribution in [1.82, 2.24) is 4.90 Å². The second-order valence-electron chi connectivity index (χ2n) is 3.93. The number of rotatable bonds is 3. The summed E-state index contributed by atoms with van der Waals surface area (Å²) in [4.78, 5) is 24.5. The number of hydrogen-bond donors (Lipinski definition) is 0. The first-order valence-electron chi connectivity index (χ1n) is 5.30. The molecule has 1 saturated heterocycles. The fraction of sp³-hybridized carbons (Fsp3) is 0.636. The molecule has 4 heteroatoms. The first-order chi connectivity index (χ1) is 7.20. The summed E-state index contributed by atoms with van der Waals surface area (Å²) in [6.07, 6.45) is 1.07. The van der Waals surface area contributed by atoms with E-state index in [4.69, 9.17) is 4.74 Å². The van der Waals surface area contributed by atoms with E-state index in [1.807, 2.05) is 11.8 Å². The highest BCUT2D eigenvalue weighted by atomic mass is 16.5. The molecule has 1 amide bonds. The first kappa shape index (κ1) is 10.4. The fourth-order valence-corrected chi connectivity index (χ4v) is 1.81. The lowest BCUT2D eigenvalue weighted by molar-refractivity contribution is -0.135. The second kappa shape index (κ2) is 4.14. The van der Waals surface area contributed by atoms with E-state index in [0.717, 1.165) is 11.1 Å². The Labute approximate surface area is 88.5 Å². The van der Waals surface area contributed by atoms with Gasteiger partial charge in [-0.2, -0.15) is 0 Å². The Balaban J connectivity index is 1.77. The fourth-order valence-electron chi connectivity index (χ4n) is 1.81. The molecule has 1 heterocycles. The molecule has 0 aromatic heterocycles. The maximum Gasteiger partial charge on any atom is 0.223 e. The van der Waals surface area contributed by atoms with Crippen molar-refractivity contribution in [2.45, 2.75) is 19.8 Å². The van der Waals surface area contributed by atoms with Gasteiger partial charge in [-0.1, -0.05) is 0 Å². The number of nitrogens with zero attached hydrogens (tertiary/aromatic N) is 1. The molecule has 0 N–H and O–H groups in total. The molecule has 0 unspecified atom stereocenters. The van der Waals surface area contributed by atoms with Gasteiger partial charge in [-0.25, -0.2) is 0 Å². The van der Waals surface area contributed by atoms with Crippen LogP contribution < -0.4 is 5.43 Å². The van der Waals surface area contributed by atoms with Crippen molar-refractivity contribution < 1.29 is 9.53 Å². The smallest absolute Gasteiger partial charge is 0.223 e. The Morgan fingerprint density at radius 3 is 2.53 bits per heavy atom. The zero-order chi connectivity index (χ0) is 10.8. The summed E-state index contributed by atoms with van der Waals surface area (Å²) in [5.41, 5.74) is 1.87. The van der Waals surface area contributed by atoms with Gasteiger partial charge in [-0.3, -0.25) is 9.59 Å². The monoisotopic (exact) mass is 209 g/mol. The molecule has 1 aromatic rings. The van der Waals surface area contributed by atoms with Crippen LogP contribution in [0.25, 0.3) is 0 Å². The van der Waals surface area contributed by atoms with Crippen LogP contribution in [0.5, 0.6) is 0 Å². The Kier molecular flexibility index (Phi) is 2.86. The van der Waals surface area contributed by atoms with E-state index >= 15 is 0 Å².